The molecule has 2 heterocycles. The standard InChI is InChI=1S/C13H17N3OS/c1-8-5-6-14-7-9(8)10(17)11-12(13(2,3)4)15-16-18-11/h5-7,10,17H,1-4H3. The minimum Gasteiger partial charge on any atom is -0.383 e. The van der Waals surface area contributed by atoms with E-state index in [4.69, 9.17) is 0 Å². The predicted octanol–water partition coefficient (Wildman–Crippen LogP) is 2.62. The lowest BCUT2D eigenvalue weighted by molar-refractivity contribution is 0.220. The molecule has 1 N–H and O–H groups in total. The molecule has 0 spiro atoms. The van der Waals surface area contributed by atoms with Crippen LogP contribution in [0.4, 0.5) is 0 Å². The van der Waals surface area contributed by atoms with Crippen LogP contribution in [0.25, 0.3) is 0 Å². The highest BCUT2D eigenvalue weighted by atomic mass is 32.1. The van der Waals surface area contributed by atoms with Crippen LogP contribution in [0.15, 0.2) is 18.5 Å². The van der Waals surface area contributed by atoms with Crippen molar-refractivity contribution in [2.45, 2.75) is 39.2 Å². The van der Waals surface area contributed by atoms with Crippen molar-refractivity contribution in [3.63, 3.8) is 0 Å². The van der Waals surface area contributed by atoms with Crippen LogP contribution in [-0.4, -0.2) is 19.7 Å². The Balaban J connectivity index is 2.45. The number of hydrogen-bond donors (Lipinski definition) is 1. The molecule has 2 aromatic heterocycles. The summed E-state index contributed by atoms with van der Waals surface area (Å²) in [4.78, 5) is 4.88. The molecular formula is C13H17N3OS. The summed E-state index contributed by atoms with van der Waals surface area (Å²) >= 11 is 1.25. The van der Waals surface area contributed by atoms with E-state index in [2.05, 4.69) is 35.3 Å². The van der Waals surface area contributed by atoms with Gasteiger partial charge in [-0.05, 0) is 30.1 Å². The van der Waals surface area contributed by atoms with E-state index in [9.17, 15) is 5.11 Å². The summed E-state index contributed by atoms with van der Waals surface area (Å²) in [7, 11) is 0. The van der Waals surface area contributed by atoms with Gasteiger partial charge in [-0.15, -0.1) is 5.10 Å². The van der Waals surface area contributed by atoms with Gasteiger partial charge in [-0.2, -0.15) is 0 Å². The summed E-state index contributed by atoms with van der Waals surface area (Å²) < 4.78 is 3.98. The zero-order chi connectivity index (χ0) is 13.3. The van der Waals surface area contributed by atoms with Crippen LogP contribution in [0.1, 0.15) is 48.6 Å². The third-order valence-corrected chi connectivity index (χ3v) is 3.62. The Kier molecular flexibility index (Phi) is 3.45. The van der Waals surface area contributed by atoms with Crippen molar-refractivity contribution in [2.24, 2.45) is 0 Å². The highest BCUT2D eigenvalue weighted by Crippen LogP contribution is 2.34. The quantitative estimate of drug-likeness (QED) is 0.905. The van der Waals surface area contributed by atoms with E-state index in [1.54, 1.807) is 12.4 Å². The van der Waals surface area contributed by atoms with Gasteiger partial charge >= 0.3 is 0 Å². The van der Waals surface area contributed by atoms with E-state index in [0.29, 0.717) is 0 Å². The first kappa shape index (κ1) is 13.1. The highest BCUT2D eigenvalue weighted by molar-refractivity contribution is 7.05. The number of nitrogens with zero attached hydrogens (tertiary/aromatic N) is 3. The van der Waals surface area contributed by atoms with Gasteiger partial charge in [-0.25, -0.2) is 0 Å². The predicted molar refractivity (Wildman–Crippen MR) is 71.6 cm³/mol. The second-order valence-electron chi connectivity index (χ2n) is 5.37. The molecule has 1 unspecified atom stereocenters. The fourth-order valence-corrected chi connectivity index (χ4v) is 2.67. The summed E-state index contributed by atoms with van der Waals surface area (Å²) in [6, 6.07) is 1.89. The molecule has 2 aromatic rings. The van der Waals surface area contributed by atoms with Gasteiger partial charge in [-0.1, -0.05) is 25.3 Å². The average molecular weight is 263 g/mol. The van der Waals surface area contributed by atoms with E-state index in [-0.39, 0.29) is 5.41 Å². The van der Waals surface area contributed by atoms with Crippen molar-refractivity contribution in [2.75, 3.05) is 0 Å². The lowest BCUT2D eigenvalue weighted by Crippen LogP contribution is -2.16. The topological polar surface area (TPSA) is 58.9 Å². The van der Waals surface area contributed by atoms with Gasteiger partial charge in [0.05, 0.1) is 10.6 Å². The van der Waals surface area contributed by atoms with Gasteiger partial charge in [0.2, 0.25) is 0 Å². The van der Waals surface area contributed by atoms with E-state index in [1.165, 1.54) is 11.5 Å². The number of pyridine rings is 1. The smallest absolute Gasteiger partial charge is 0.118 e. The second kappa shape index (κ2) is 4.74. The normalized spacial score (nSPS) is 13.6. The lowest BCUT2D eigenvalue weighted by atomic mass is 9.89. The van der Waals surface area contributed by atoms with Crippen molar-refractivity contribution >= 4 is 11.5 Å². The zero-order valence-corrected chi connectivity index (χ0v) is 11.8. The second-order valence-corrected chi connectivity index (χ2v) is 6.16. The van der Waals surface area contributed by atoms with Gasteiger partial charge in [0.1, 0.15) is 6.10 Å². The summed E-state index contributed by atoms with van der Waals surface area (Å²) in [6.45, 7) is 8.16. The van der Waals surface area contributed by atoms with Crippen LogP contribution >= 0.6 is 11.5 Å². The van der Waals surface area contributed by atoms with Gasteiger partial charge in [0.15, 0.2) is 0 Å². The molecule has 0 amide bonds. The zero-order valence-electron chi connectivity index (χ0n) is 11.0. The first-order chi connectivity index (χ1) is 8.41. The van der Waals surface area contributed by atoms with E-state index in [1.807, 2.05) is 13.0 Å². The van der Waals surface area contributed by atoms with Gasteiger partial charge in [0, 0.05) is 23.4 Å². The maximum absolute atomic E-state index is 10.5. The molecule has 0 aromatic carbocycles. The lowest BCUT2D eigenvalue weighted by Gasteiger charge is -2.19. The first-order valence-corrected chi connectivity index (χ1v) is 6.60. The molecule has 18 heavy (non-hydrogen) atoms. The molecule has 0 aliphatic carbocycles. The third kappa shape index (κ3) is 2.42. The van der Waals surface area contributed by atoms with Crippen LogP contribution < -0.4 is 0 Å². The molecule has 0 saturated carbocycles. The van der Waals surface area contributed by atoms with Crippen molar-refractivity contribution in [3.8, 4) is 0 Å². The molecule has 96 valence electrons. The maximum atomic E-state index is 10.5. The number of aliphatic hydroxyl groups is 1. The van der Waals surface area contributed by atoms with Crippen molar-refractivity contribution in [1.82, 2.24) is 14.6 Å². The fourth-order valence-electron chi connectivity index (χ4n) is 1.80. The minimum atomic E-state index is -0.701. The number of aliphatic hydroxyl groups excluding tert-OH is 1. The Morgan fingerprint density at radius 1 is 1.33 bits per heavy atom. The Hall–Kier alpha value is -1.33. The largest absolute Gasteiger partial charge is 0.383 e. The molecule has 1 atom stereocenters. The molecule has 4 nitrogen and oxygen atoms in total. The monoisotopic (exact) mass is 263 g/mol. The van der Waals surface area contributed by atoms with Crippen LogP contribution in [0.3, 0.4) is 0 Å². The Morgan fingerprint density at radius 3 is 2.67 bits per heavy atom. The molecule has 0 saturated heterocycles. The molecular weight excluding hydrogens is 246 g/mol. The Labute approximate surface area is 111 Å². The van der Waals surface area contributed by atoms with E-state index < -0.39 is 6.10 Å². The van der Waals surface area contributed by atoms with Gasteiger partial charge < -0.3 is 5.11 Å². The molecule has 2 rings (SSSR count). The van der Waals surface area contributed by atoms with Crippen LogP contribution in [0.2, 0.25) is 0 Å². The van der Waals surface area contributed by atoms with E-state index in [0.717, 1.165) is 21.7 Å². The van der Waals surface area contributed by atoms with Crippen LogP contribution in [0.5, 0.6) is 0 Å². The van der Waals surface area contributed by atoms with E-state index >= 15 is 0 Å². The summed E-state index contributed by atoms with van der Waals surface area (Å²) in [6.07, 6.45) is 2.72. The van der Waals surface area contributed by atoms with Crippen molar-refractivity contribution in [1.29, 1.82) is 0 Å². The minimum absolute atomic E-state index is 0.126. The fraction of sp³-hybridized carbons (Fsp3) is 0.462. The molecule has 0 aliphatic rings. The number of aryl methyl sites for hydroxylation is 1. The van der Waals surface area contributed by atoms with Gasteiger partial charge in [0.25, 0.3) is 0 Å². The molecule has 0 radical (unpaired) electrons. The van der Waals surface area contributed by atoms with Crippen LogP contribution in [-0.2, 0) is 5.41 Å². The Bertz CT molecular complexity index is 545. The molecule has 5 heteroatoms. The maximum Gasteiger partial charge on any atom is 0.118 e. The molecule has 0 aliphatic heterocycles. The third-order valence-electron chi connectivity index (χ3n) is 2.85. The highest BCUT2D eigenvalue weighted by Gasteiger charge is 2.27. The molecule has 0 fully saturated rings. The number of rotatable bonds is 2. The van der Waals surface area contributed by atoms with Crippen molar-refractivity contribution in [3.05, 3.63) is 40.2 Å². The van der Waals surface area contributed by atoms with Crippen molar-refractivity contribution < 1.29 is 5.11 Å². The number of hydrogen-bond acceptors (Lipinski definition) is 5. The summed E-state index contributed by atoms with van der Waals surface area (Å²) in [5.41, 5.74) is 2.56. The molecule has 0 bridgehead atoms. The van der Waals surface area contributed by atoms with Crippen LogP contribution in [0, 0.1) is 6.92 Å². The Morgan fingerprint density at radius 2 is 2.06 bits per heavy atom. The summed E-state index contributed by atoms with van der Waals surface area (Å²) in [5.74, 6) is 0. The summed E-state index contributed by atoms with van der Waals surface area (Å²) in [5, 5.41) is 14.6. The van der Waals surface area contributed by atoms with Gasteiger partial charge in [-0.3, -0.25) is 4.98 Å². The first-order valence-electron chi connectivity index (χ1n) is 5.82. The average Bonchev–Trinajstić information content (AvgIpc) is 2.77. The number of aromatic nitrogens is 3. The SMILES string of the molecule is Cc1ccncc1C(O)c1snnc1C(C)(C)C.